The number of halogens is 3. The molecule has 0 unspecified atom stereocenters. The number of H-pyrrole nitrogens is 1. The second-order valence-electron chi connectivity index (χ2n) is 8.49. The summed E-state index contributed by atoms with van der Waals surface area (Å²) in [6.07, 6.45) is 2.25. The SMILES string of the molecule is CC(=O)O.Nc1nc(N2CCC(N3C[C@H](COC(F)F)OC[C@@H]3Cc3ccc(Cl)cc3)CC2)n[nH]1. The van der Waals surface area contributed by atoms with Crippen molar-refractivity contribution in [1.82, 2.24) is 20.1 Å². The second kappa shape index (κ2) is 13.0. The van der Waals surface area contributed by atoms with E-state index in [9.17, 15) is 8.78 Å². The minimum Gasteiger partial charge on any atom is -0.481 e. The predicted octanol–water partition coefficient (Wildman–Crippen LogP) is 2.65. The van der Waals surface area contributed by atoms with Crippen molar-refractivity contribution in [1.29, 1.82) is 0 Å². The van der Waals surface area contributed by atoms with Crippen molar-refractivity contribution in [3.63, 3.8) is 0 Å². The largest absolute Gasteiger partial charge is 0.481 e. The molecule has 35 heavy (non-hydrogen) atoms. The topological polar surface area (TPSA) is 130 Å². The fraction of sp³-hybridized carbons (Fsp3) is 0.591. The molecule has 2 atom stereocenters. The van der Waals surface area contributed by atoms with Crippen LogP contribution < -0.4 is 10.6 Å². The van der Waals surface area contributed by atoms with Gasteiger partial charge in [-0.15, -0.1) is 5.10 Å². The van der Waals surface area contributed by atoms with E-state index < -0.39 is 12.6 Å². The standard InChI is InChI=1S/C20H27ClF2N6O2.C2H4O2/c21-14-3-1-13(2-4-14)9-16-11-30-17(12-31-18(22)23)10-29(16)15-5-7-28(8-6-15)20-25-19(24)26-27-20;1-2(3)4/h1-4,15-18H,5-12H2,(H3,24,25,26,27);1H3,(H,3,4)/t16-,17+;/m0./s1. The first-order chi connectivity index (χ1) is 16.7. The van der Waals surface area contributed by atoms with Crippen LogP contribution in [0.5, 0.6) is 0 Å². The molecule has 0 saturated carbocycles. The van der Waals surface area contributed by atoms with E-state index in [2.05, 4.69) is 29.7 Å². The van der Waals surface area contributed by atoms with Crippen LogP contribution in [0.2, 0.25) is 5.02 Å². The molecule has 0 aliphatic carbocycles. The number of hydrogen-bond acceptors (Lipinski definition) is 8. The number of piperidine rings is 1. The van der Waals surface area contributed by atoms with E-state index >= 15 is 0 Å². The van der Waals surface area contributed by atoms with Gasteiger partial charge in [-0.3, -0.25) is 9.69 Å². The molecule has 2 aliphatic rings. The number of ether oxygens (including phenoxy) is 2. The van der Waals surface area contributed by atoms with Gasteiger partial charge in [0.1, 0.15) is 0 Å². The Morgan fingerprint density at radius 3 is 2.57 bits per heavy atom. The Bertz CT molecular complexity index is 923. The van der Waals surface area contributed by atoms with E-state index in [0.29, 0.717) is 36.1 Å². The molecule has 194 valence electrons. The minimum absolute atomic E-state index is 0.114. The van der Waals surface area contributed by atoms with Crippen molar-refractivity contribution in [3.8, 4) is 0 Å². The quantitative estimate of drug-likeness (QED) is 0.508. The van der Waals surface area contributed by atoms with Gasteiger partial charge in [0.05, 0.1) is 19.3 Å². The summed E-state index contributed by atoms with van der Waals surface area (Å²) in [5.41, 5.74) is 6.81. The highest BCUT2D eigenvalue weighted by Crippen LogP contribution is 2.27. The van der Waals surface area contributed by atoms with E-state index in [4.69, 9.17) is 32.0 Å². The van der Waals surface area contributed by atoms with Crippen LogP contribution >= 0.6 is 11.6 Å². The first kappa shape index (κ1) is 27.1. The molecule has 2 aliphatic heterocycles. The molecule has 2 fully saturated rings. The predicted molar refractivity (Wildman–Crippen MR) is 127 cm³/mol. The van der Waals surface area contributed by atoms with Crippen LogP contribution in [-0.2, 0) is 20.7 Å². The zero-order valence-corrected chi connectivity index (χ0v) is 20.2. The van der Waals surface area contributed by atoms with E-state index in [0.717, 1.165) is 39.3 Å². The fourth-order valence-corrected chi connectivity index (χ4v) is 4.51. The van der Waals surface area contributed by atoms with Crippen LogP contribution in [0.3, 0.4) is 0 Å². The van der Waals surface area contributed by atoms with Gasteiger partial charge in [-0.25, -0.2) is 5.10 Å². The first-order valence-electron chi connectivity index (χ1n) is 11.3. The molecule has 13 heteroatoms. The summed E-state index contributed by atoms with van der Waals surface area (Å²) < 4.78 is 35.4. The average molecular weight is 517 g/mol. The molecule has 3 heterocycles. The van der Waals surface area contributed by atoms with Gasteiger partial charge >= 0.3 is 6.61 Å². The summed E-state index contributed by atoms with van der Waals surface area (Å²) in [7, 11) is 0. The number of nitrogen functional groups attached to an aromatic ring is 1. The van der Waals surface area contributed by atoms with Gasteiger partial charge in [0.25, 0.3) is 5.97 Å². The number of carboxylic acid groups (broad SMARTS) is 1. The number of hydrogen-bond donors (Lipinski definition) is 3. The third-order valence-corrected chi connectivity index (χ3v) is 6.16. The van der Waals surface area contributed by atoms with Crippen molar-refractivity contribution >= 4 is 29.5 Å². The third kappa shape index (κ3) is 8.57. The number of benzene rings is 1. The van der Waals surface area contributed by atoms with Crippen molar-refractivity contribution in [2.24, 2.45) is 0 Å². The first-order valence-corrected chi connectivity index (χ1v) is 11.7. The molecule has 2 aromatic rings. The lowest BCUT2D eigenvalue weighted by Crippen LogP contribution is -2.58. The van der Waals surface area contributed by atoms with Crippen molar-refractivity contribution in [2.45, 2.75) is 51.0 Å². The molecule has 0 amide bonds. The maximum atomic E-state index is 12.5. The van der Waals surface area contributed by atoms with E-state index in [-0.39, 0.29) is 18.8 Å². The van der Waals surface area contributed by atoms with Crippen LogP contribution in [0.15, 0.2) is 24.3 Å². The van der Waals surface area contributed by atoms with Gasteiger partial charge in [-0.05, 0) is 37.0 Å². The zero-order chi connectivity index (χ0) is 25.4. The fourth-order valence-electron chi connectivity index (χ4n) is 4.38. The lowest BCUT2D eigenvalue weighted by molar-refractivity contribution is -0.174. The number of morpholine rings is 1. The molecule has 0 bridgehead atoms. The molecule has 4 N–H and O–H groups in total. The number of nitrogens with one attached hydrogen (secondary N) is 1. The molecule has 0 spiro atoms. The summed E-state index contributed by atoms with van der Waals surface area (Å²) in [4.78, 5) is 17.7. The Kier molecular flexibility index (Phi) is 10.0. The van der Waals surface area contributed by atoms with Gasteiger partial charge in [-0.2, -0.15) is 13.8 Å². The summed E-state index contributed by atoms with van der Waals surface area (Å²) in [6.45, 7) is 0.801. The Morgan fingerprint density at radius 1 is 1.34 bits per heavy atom. The number of carboxylic acids is 1. The third-order valence-electron chi connectivity index (χ3n) is 5.91. The Balaban J connectivity index is 0.000000795. The number of alkyl halides is 2. The molecular weight excluding hydrogens is 486 g/mol. The molecule has 0 radical (unpaired) electrons. The Labute approximate surface area is 207 Å². The van der Waals surface area contributed by atoms with Gasteiger partial charge < -0.3 is 25.2 Å². The zero-order valence-electron chi connectivity index (χ0n) is 19.4. The van der Waals surface area contributed by atoms with E-state index in [1.54, 1.807) is 0 Å². The van der Waals surface area contributed by atoms with Crippen molar-refractivity contribution in [3.05, 3.63) is 34.9 Å². The summed E-state index contributed by atoms with van der Waals surface area (Å²) in [5.74, 6) is 0.0778. The molecule has 2 saturated heterocycles. The number of aliphatic carboxylic acids is 1. The molecule has 1 aromatic carbocycles. The molecule has 1 aromatic heterocycles. The highest BCUT2D eigenvalue weighted by molar-refractivity contribution is 6.30. The molecular formula is C22H31ClF2N6O4. The summed E-state index contributed by atoms with van der Waals surface area (Å²) in [5, 5.41) is 14.9. The minimum atomic E-state index is -2.79. The number of nitrogens with two attached hydrogens (primary N) is 1. The van der Waals surface area contributed by atoms with Crippen molar-refractivity contribution < 1.29 is 28.2 Å². The number of rotatable bonds is 7. The van der Waals surface area contributed by atoms with E-state index in [1.807, 2.05) is 24.3 Å². The van der Waals surface area contributed by atoms with Crippen LogP contribution in [-0.4, -0.2) is 88.8 Å². The Hall–Kier alpha value is -2.54. The molecule has 10 nitrogen and oxygen atoms in total. The van der Waals surface area contributed by atoms with Gasteiger partial charge in [0, 0.05) is 43.7 Å². The van der Waals surface area contributed by atoms with Gasteiger partial charge in [0.2, 0.25) is 11.9 Å². The maximum absolute atomic E-state index is 12.5. The van der Waals surface area contributed by atoms with Crippen molar-refractivity contribution in [2.75, 3.05) is 43.5 Å². The highest BCUT2D eigenvalue weighted by atomic mass is 35.5. The van der Waals surface area contributed by atoms with Crippen LogP contribution in [0.25, 0.3) is 0 Å². The maximum Gasteiger partial charge on any atom is 0.345 e. The number of aromatic amines is 1. The molecule has 4 rings (SSSR count). The number of anilines is 2. The Morgan fingerprint density at radius 2 is 2.00 bits per heavy atom. The number of aromatic nitrogens is 3. The average Bonchev–Trinajstić information content (AvgIpc) is 3.26. The number of nitrogens with zero attached hydrogens (tertiary/aromatic N) is 4. The lowest BCUT2D eigenvalue weighted by Gasteiger charge is -2.46. The highest BCUT2D eigenvalue weighted by Gasteiger charge is 2.36. The smallest absolute Gasteiger partial charge is 0.345 e. The van der Waals surface area contributed by atoms with E-state index in [1.165, 1.54) is 5.56 Å². The summed E-state index contributed by atoms with van der Waals surface area (Å²) in [6, 6.07) is 8.25. The van der Waals surface area contributed by atoms with Crippen LogP contribution in [0.1, 0.15) is 25.3 Å². The van der Waals surface area contributed by atoms with Crippen LogP contribution in [0, 0.1) is 0 Å². The summed E-state index contributed by atoms with van der Waals surface area (Å²) >= 11 is 6.01. The number of carbonyl (C=O) groups is 1. The lowest BCUT2D eigenvalue weighted by atomic mass is 9.96. The normalized spacial score (nSPS) is 21.6. The van der Waals surface area contributed by atoms with Crippen LogP contribution in [0.4, 0.5) is 20.7 Å². The monoisotopic (exact) mass is 516 g/mol. The van der Waals surface area contributed by atoms with Gasteiger partial charge in [-0.1, -0.05) is 23.7 Å². The second-order valence-corrected chi connectivity index (χ2v) is 8.92. The van der Waals surface area contributed by atoms with Gasteiger partial charge in [0.15, 0.2) is 0 Å².